The number of rotatable bonds is 6. The van der Waals surface area contributed by atoms with Crippen LogP contribution in [-0.4, -0.2) is 43.5 Å². The molecule has 18 heavy (non-hydrogen) atoms. The smallest absolute Gasteiger partial charge is 0.226 e. The van der Waals surface area contributed by atoms with E-state index in [-0.39, 0.29) is 17.2 Å². The first-order valence-corrected chi connectivity index (χ1v) is 7.40. The monoisotopic (exact) mass is 275 g/mol. The predicted molar refractivity (Wildman–Crippen MR) is 74.9 cm³/mol. The molecule has 1 atom stereocenters. The Balaban J connectivity index is 2.67. The van der Waals surface area contributed by atoms with Crippen LogP contribution in [0.3, 0.4) is 0 Å². The average Bonchev–Trinajstić information content (AvgIpc) is 2.33. The molecule has 0 aliphatic heterocycles. The Labute approximate surface area is 116 Å². The lowest BCUT2D eigenvalue weighted by molar-refractivity contribution is -0.141. The third-order valence-electron chi connectivity index (χ3n) is 4.04. The maximum Gasteiger partial charge on any atom is 0.226 e. The van der Waals surface area contributed by atoms with Gasteiger partial charge in [-0.15, -0.1) is 11.6 Å². The molecule has 0 N–H and O–H groups in total. The number of amides is 1. The lowest BCUT2D eigenvalue weighted by Gasteiger charge is -2.40. The first-order valence-electron chi connectivity index (χ1n) is 6.86. The SMILES string of the molecule is COCCN(CCCl)C(=O)C1CCCCC1(C)C. The molecule has 1 unspecified atom stereocenters. The van der Waals surface area contributed by atoms with Gasteiger partial charge in [0.05, 0.1) is 6.61 Å². The third kappa shape index (κ3) is 4.13. The van der Waals surface area contributed by atoms with Crippen molar-refractivity contribution >= 4 is 17.5 Å². The Bertz CT molecular complexity index is 269. The van der Waals surface area contributed by atoms with Crippen LogP contribution in [0.4, 0.5) is 0 Å². The molecular weight excluding hydrogens is 250 g/mol. The van der Waals surface area contributed by atoms with Crippen LogP contribution in [0.25, 0.3) is 0 Å². The third-order valence-corrected chi connectivity index (χ3v) is 4.21. The second-order valence-electron chi connectivity index (χ2n) is 5.79. The average molecular weight is 276 g/mol. The second-order valence-corrected chi connectivity index (χ2v) is 6.17. The highest BCUT2D eigenvalue weighted by Crippen LogP contribution is 2.41. The van der Waals surface area contributed by atoms with Crippen molar-refractivity contribution in [3.05, 3.63) is 0 Å². The van der Waals surface area contributed by atoms with Gasteiger partial charge in [-0.25, -0.2) is 0 Å². The summed E-state index contributed by atoms with van der Waals surface area (Å²) in [6.45, 7) is 6.27. The number of carbonyl (C=O) groups excluding carboxylic acids is 1. The highest BCUT2D eigenvalue weighted by Gasteiger charge is 2.38. The van der Waals surface area contributed by atoms with Gasteiger partial charge < -0.3 is 9.64 Å². The van der Waals surface area contributed by atoms with Crippen LogP contribution in [0, 0.1) is 11.3 Å². The van der Waals surface area contributed by atoms with Crippen molar-refractivity contribution in [2.24, 2.45) is 11.3 Å². The number of alkyl halides is 1. The maximum atomic E-state index is 12.6. The summed E-state index contributed by atoms with van der Waals surface area (Å²) in [5.41, 5.74) is 0.118. The van der Waals surface area contributed by atoms with Crippen molar-refractivity contribution in [1.82, 2.24) is 4.90 Å². The van der Waals surface area contributed by atoms with E-state index in [0.717, 1.165) is 12.8 Å². The van der Waals surface area contributed by atoms with Gasteiger partial charge in [0.2, 0.25) is 5.91 Å². The number of halogens is 1. The van der Waals surface area contributed by atoms with Gasteiger partial charge in [-0.3, -0.25) is 4.79 Å². The molecule has 1 aliphatic rings. The number of ether oxygens (including phenoxy) is 1. The molecule has 1 rings (SSSR count). The summed E-state index contributed by atoms with van der Waals surface area (Å²) in [5.74, 6) is 0.895. The molecule has 4 heteroatoms. The summed E-state index contributed by atoms with van der Waals surface area (Å²) >= 11 is 5.79. The molecule has 0 aromatic rings. The van der Waals surface area contributed by atoms with Gasteiger partial charge in [-0.2, -0.15) is 0 Å². The van der Waals surface area contributed by atoms with Crippen molar-refractivity contribution < 1.29 is 9.53 Å². The first kappa shape index (κ1) is 15.8. The van der Waals surface area contributed by atoms with Crippen molar-refractivity contribution in [3.8, 4) is 0 Å². The molecule has 0 aromatic carbocycles. The van der Waals surface area contributed by atoms with Crippen LogP contribution in [0.2, 0.25) is 0 Å². The Kier molecular flexibility index (Phi) is 6.44. The number of nitrogens with zero attached hydrogens (tertiary/aromatic N) is 1. The Hall–Kier alpha value is -0.280. The van der Waals surface area contributed by atoms with E-state index < -0.39 is 0 Å². The maximum absolute atomic E-state index is 12.6. The van der Waals surface area contributed by atoms with Crippen LogP contribution in [-0.2, 0) is 9.53 Å². The molecule has 1 saturated carbocycles. The largest absolute Gasteiger partial charge is 0.383 e. The standard InChI is InChI=1S/C14H26ClNO2/c1-14(2)7-5-4-6-12(14)13(17)16(9-8-15)10-11-18-3/h12H,4-11H2,1-3H3. The molecule has 0 radical (unpaired) electrons. The van der Waals surface area contributed by atoms with E-state index in [0.29, 0.717) is 25.6 Å². The van der Waals surface area contributed by atoms with Crippen molar-refractivity contribution in [2.45, 2.75) is 39.5 Å². The van der Waals surface area contributed by atoms with Crippen LogP contribution in [0.15, 0.2) is 0 Å². The molecule has 1 fully saturated rings. The van der Waals surface area contributed by atoms with Crippen LogP contribution < -0.4 is 0 Å². The fourth-order valence-electron chi connectivity index (χ4n) is 2.81. The summed E-state index contributed by atoms with van der Waals surface area (Å²) in [4.78, 5) is 14.5. The summed E-state index contributed by atoms with van der Waals surface area (Å²) in [5, 5.41) is 0. The molecule has 0 bridgehead atoms. The van der Waals surface area contributed by atoms with Crippen LogP contribution in [0.5, 0.6) is 0 Å². The van der Waals surface area contributed by atoms with E-state index in [4.69, 9.17) is 16.3 Å². The highest BCUT2D eigenvalue weighted by atomic mass is 35.5. The molecule has 0 heterocycles. The van der Waals surface area contributed by atoms with Gasteiger partial charge in [0.1, 0.15) is 0 Å². The molecular formula is C14H26ClNO2. The Morgan fingerprint density at radius 1 is 1.39 bits per heavy atom. The van der Waals surface area contributed by atoms with E-state index in [1.54, 1.807) is 7.11 Å². The molecule has 3 nitrogen and oxygen atoms in total. The lowest BCUT2D eigenvalue weighted by atomic mass is 9.68. The minimum absolute atomic E-state index is 0.118. The fourth-order valence-corrected chi connectivity index (χ4v) is 3.01. The molecule has 0 spiro atoms. The quantitative estimate of drug-likeness (QED) is 0.698. The van der Waals surface area contributed by atoms with Gasteiger partial charge in [0, 0.05) is 32.0 Å². The van der Waals surface area contributed by atoms with E-state index >= 15 is 0 Å². The van der Waals surface area contributed by atoms with E-state index in [2.05, 4.69) is 13.8 Å². The van der Waals surface area contributed by atoms with Crippen molar-refractivity contribution in [1.29, 1.82) is 0 Å². The summed E-state index contributed by atoms with van der Waals surface area (Å²) < 4.78 is 5.07. The van der Waals surface area contributed by atoms with Gasteiger partial charge >= 0.3 is 0 Å². The molecule has 0 saturated heterocycles. The van der Waals surface area contributed by atoms with Crippen molar-refractivity contribution in [3.63, 3.8) is 0 Å². The zero-order valence-corrected chi connectivity index (χ0v) is 12.6. The van der Waals surface area contributed by atoms with Crippen molar-refractivity contribution in [2.75, 3.05) is 32.7 Å². The minimum Gasteiger partial charge on any atom is -0.383 e. The van der Waals surface area contributed by atoms with Gasteiger partial charge in [-0.1, -0.05) is 26.7 Å². The second kappa shape index (κ2) is 7.34. The van der Waals surface area contributed by atoms with Crippen LogP contribution in [0.1, 0.15) is 39.5 Å². The number of hydrogen-bond acceptors (Lipinski definition) is 2. The normalized spacial score (nSPS) is 22.8. The summed E-state index contributed by atoms with van der Waals surface area (Å²) in [6, 6.07) is 0. The number of methoxy groups -OCH3 is 1. The van der Waals surface area contributed by atoms with E-state index in [9.17, 15) is 4.79 Å². The lowest BCUT2D eigenvalue weighted by Crippen LogP contribution is -2.45. The van der Waals surface area contributed by atoms with Crippen LogP contribution >= 0.6 is 11.6 Å². The number of carbonyl (C=O) groups is 1. The highest BCUT2D eigenvalue weighted by molar-refractivity contribution is 6.18. The van der Waals surface area contributed by atoms with E-state index in [1.165, 1.54) is 12.8 Å². The molecule has 106 valence electrons. The topological polar surface area (TPSA) is 29.5 Å². The van der Waals surface area contributed by atoms with E-state index in [1.807, 2.05) is 4.90 Å². The molecule has 1 amide bonds. The Morgan fingerprint density at radius 2 is 2.11 bits per heavy atom. The molecule has 1 aliphatic carbocycles. The summed E-state index contributed by atoms with van der Waals surface area (Å²) in [6.07, 6.45) is 4.56. The first-order chi connectivity index (χ1) is 8.53. The fraction of sp³-hybridized carbons (Fsp3) is 0.929. The predicted octanol–water partition coefficient (Wildman–Crippen LogP) is 2.92. The van der Waals surface area contributed by atoms with Gasteiger partial charge in [0.15, 0.2) is 0 Å². The minimum atomic E-state index is 0.118. The zero-order chi connectivity index (χ0) is 13.6. The van der Waals surface area contributed by atoms with Gasteiger partial charge in [-0.05, 0) is 18.3 Å². The van der Waals surface area contributed by atoms with Gasteiger partial charge in [0.25, 0.3) is 0 Å². The Morgan fingerprint density at radius 3 is 2.67 bits per heavy atom. The summed E-state index contributed by atoms with van der Waals surface area (Å²) in [7, 11) is 1.66. The zero-order valence-electron chi connectivity index (χ0n) is 11.9. The molecule has 0 aromatic heterocycles. The number of hydrogen-bond donors (Lipinski definition) is 0.